The SMILES string of the molecule is I.NC(=NCc1cccc(-c2ncn[nH]2)c1)N1CCN(c2ccc(F)cc2)CC1. The monoisotopic (exact) mass is 507 g/mol. The minimum absolute atomic E-state index is 0. The van der Waals surface area contributed by atoms with Gasteiger partial charge in [-0.3, -0.25) is 5.10 Å². The Labute approximate surface area is 185 Å². The van der Waals surface area contributed by atoms with Crippen LogP contribution in [0.5, 0.6) is 0 Å². The Morgan fingerprint density at radius 1 is 1.10 bits per heavy atom. The van der Waals surface area contributed by atoms with Crippen LogP contribution in [0, 0.1) is 5.82 Å². The van der Waals surface area contributed by atoms with Gasteiger partial charge < -0.3 is 15.5 Å². The molecule has 1 aliphatic heterocycles. The zero-order valence-electron chi connectivity index (χ0n) is 15.8. The number of halogens is 2. The summed E-state index contributed by atoms with van der Waals surface area (Å²) in [5, 5.41) is 6.75. The lowest BCUT2D eigenvalue weighted by molar-refractivity contribution is 0.380. The Bertz CT molecular complexity index is 936. The highest BCUT2D eigenvalue weighted by Crippen LogP contribution is 2.18. The Morgan fingerprint density at radius 3 is 2.55 bits per heavy atom. The van der Waals surface area contributed by atoms with Crippen molar-refractivity contribution in [2.45, 2.75) is 6.54 Å². The lowest BCUT2D eigenvalue weighted by Crippen LogP contribution is -2.51. The standard InChI is InChI=1S/C20H22FN7.HI/c21-17-4-6-18(7-5-17)27-8-10-28(11-9-27)20(22)23-13-15-2-1-3-16(12-15)19-24-14-25-26-19;/h1-7,12,14H,8-11,13H2,(H2,22,23)(H,24,25,26);1H. The molecule has 3 aromatic rings. The second kappa shape index (κ2) is 9.68. The van der Waals surface area contributed by atoms with E-state index in [4.69, 9.17) is 5.73 Å². The maximum Gasteiger partial charge on any atom is 0.191 e. The summed E-state index contributed by atoms with van der Waals surface area (Å²) < 4.78 is 13.1. The molecule has 3 N–H and O–H groups in total. The third-order valence-electron chi connectivity index (χ3n) is 4.83. The van der Waals surface area contributed by atoms with Crippen molar-refractivity contribution in [3.05, 3.63) is 66.2 Å². The first-order valence-corrected chi connectivity index (χ1v) is 9.19. The van der Waals surface area contributed by atoms with Crippen LogP contribution in [0.1, 0.15) is 5.56 Å². The molecule has 0 radical (unpaired) electrons. The number of benzene rings is 2. The summed E-state index contributed by atoms with van der Waals surface area (Å²) in [5.41, 5.74) is 9.27. The third-order valence-corrected chi connectivity index (χ3v) is 4.83. The lowest BCUT2D eigenvalue weighted by atomic mass is 10.1. The van der Waals surface area contributed by atoms with Crippen molar-refractivity contribution in [1.29, 1.82) is 0 Å². The molecule has 1 aliphatic rings. The molecule has 0 saturated carbocycles. The number of guanidine groups is 1. The average Bonchev–Trinajstić information content (AvgIpc) is 3.28. The van der Waals surface area contributed by atoms with Crippen molar-refractivity contribution in [2.75, 3.05) is 31.1 Å². The molecular formula is C20H23FIN7. The highest BCUT2D eigenvalue weighted by Gasteiger charge is 2.18. The predicted molar refractivity (Wildman–Crippen MR) is 123 cm³/mol. The molecule has 4 rings (SSSR count). The maximum atomic E-state index is 13.1. The quantitative estimate of drug-likeness (QED) is 0.322. The molecule has 2 heterocycles. The van der Waals surface area contributed by atoms with Gasteiger partial charge in [-0.15, -0.1) is 24.0 Å². The molecular weight excluding hydrogens is 484 g/mol. The van der Waals surface area contributed by atoms with E-state index in [1.165, 1.54) is 18.5 Å². The topological polar surface area (TPSA) is 86.4 Å². The number of hydrogen-bond acceptors (Lipinski definition) is 4. The molecule has 0 bridgehead atoms. The number of nitrogens with one attached hydrogen (secondary N) is 1. The number of H-pyrrole nitrogens is 1. The number of piperazine rings is 1. The van der Waals surface area contributed by atoms with Gasteiger partial charge in [0.15, 0.2) is 11.8 Å². The number of rotatable bonds is 4. The number of nitrogens with zero attached hydrogens (tertiary/aromatic N) is 5. The van der Waals surface area contributed by atoms with E-state index in [0.717, 1.165) is 48.8 Å². The van der Waals surface area contributed by atoms with Crippen molar-refractivity contribution in [1.82, 2.24) is 20.1 Å². The maximum absolute atomic E-state index is 13.1. The first-order valence-electron chi connectivity index (χ1n) is 9.19. The Kier molecular flexibility index (Phi) is 7.02. The van der Waals surface area contributed by atoms with Crippen LogP contribution in [-0.2, 0) is 6.54 Å². The molecule has 0 amide bonds. The fraction of sp³-hybridized carbons (Fsp3) is 0.250. The van der Waals surface area contributed by atoms with Gasteiger partial charge in [0.1, 0.15) is 12.1 Å². The molecule has 1 aromatic heterocycles. The Morgan fingerprint density at radius 2 is 1.86 bits per heavy atom. The van der Waals surface area contributed by atoms with Gasteiger partial charge in [-0.1, -0.05) is 18.2 Å². The second-order valence-electron chi connectivity index (χ2n) is 6.66. The third kappa shape index (κ3) is 5.22. The van der Waals surface area contributed by atoms with E-state index in [-0.39, 0.29) is 29.8 Å². The van der Waals surface area contributed by atoms with Crippen LogP contribution < -0.4 is 10.6 Å². The summed E-state index contributed by atoms with van der Waals surface area (Å²) in [6.45, 7) is 3.72. The Balaban J connectivity index is 0.00000240. The number of aliphatic imine (C=N–C) groups is 1. The van der Waals surface area contributed by atoms with E-state index in [0.29, 0.717) is 12.5 Å². The lowest BCUT2D eigenvalue weighted by Gasteiger charge is -2.36. The van der Waals surface area contributed by atoms with Gasteiger partial charge in [0.05, 0.1) is 6.54 Å². The van der Waals surface area contributed by atoms with Gasteiger partial charge >= 0.3 is 0 Å². The minimum Gasteiger partial charge on any atom is -0.370 e. The van der Waals surface area contributed by atoms with E-state index >= 15 is 0 Å². The first kappa shape index (κ1) is 21.0. The molecule has 0 unspecified atom stereocenters. The summed E-state index contributed by atoms with van der Waals surface area (Å²) in [7, 11) is 0. The van der Waals surface area contributed by atoms with Crippen molar-refractivity contribution < 1.29 is 4.39 Å². The average molecular weight is 507 g/mol. The first-order chi connectivity index (χ1) is 13.7. The fourth-order valence-electron chi connectivity index (χ4n) is 3.28. The highest BCUT2D eigenvalue weighted by molar-refractivity contribution is 14.0. The van der Waals surface area contributed by atoms with Crippen molar-refractivity contribution in [2.24, 2.45) is 10.7 Å². The second-order valence-corrected chi connectivity index (χ2v) is 6.66. The van der Waals surface area contributed by atoms with Crippen LogP contribution in [0.3, 0.4) is 0 Å². The molecule has 9 heteroatoms. The number of anilines is 1. The molecule has 2 aromatic carbocycles. The predicted octanol–water partition coefficient (Wildman–Crippen LogP) is 2.87. The molecule has 0 aliphatic carbocycles. The molecule has 7 nitrogen and oxygen atoms in total. The van der Waals surface area contributed by atoms with Crippen LogP contribution in [0.15, 0.2) is 59.9 Å². The fourth-order valence-corrected chi connectivity index (χ4v) is 3.28. The summed E-state index contributed by atoms with van der Waals surface area (Å²) in [6, 6.07) is 14.6. The van der Waals surface area contributed by atoms with Crippen molar-refractivity contribution >= 4 is 35.6 Å². The molecule has 1 saturated heterocycles. The van der Waals surface area contributed by atoms with Gasteiger partial charge in [0.25, 0.3) is 0 Å². The molecule has 152 valence electrons. The van der Waals surface area contributed by atoms with Gasteiger partial charge in [-0.25, -0.2) is 14.4 Å². The van der Waals surface area contributed by atoms with E-state index in [2.05, 4.69) is 30.0 Å². The van der Waals surface area contributed by atoms with E-state index < -0.39 is 0 Å². The Hall–Kier alpha value is -2.69. The number of aromatic amines is 1. The largest absolute Gasteiger partial charge is 0.370 e. The van der Waals surface area contributed by atoms with E-state index in [9.17, 15) is 4.39 Å². The summed E-state index contributed by atoms with van der Waals surface area (Å²) in [6.07, 6.45) is 1.49. The van der Waals surface area contributed by atoms with E-state index in [1.807, 2.05) is 36.4 Å². The van der Waals surface area contributed by atoms with E-state index in [1.54, 1.807) is 0 Å². The molecule has 0 atom stereocenters. The smallest absolute Gasteiger partial charge is 0.191 e. The number of nitrogens with two attached hydrogens (primary N) is 1. The van der Waals surface area contributed by atoms with Crippen molar-refractivity contribution in [3.8, 4) is 11.4 Å². The van der Waals surface area contributed by atoms with Gasteiger partial charge in [0, 0.05) is 37.4 Å². The zero-order chi connectivity index (χ0) is 19.3. The number of aromatic nitrogens is 3. The van der Waals surface area contributed by atoms with Crippen LogP contribution in [0.2, 0.25) is 0 Å². The molecule has 1 fully saturated rings. The van der Waals surface area contributed by atoms with Crippen molar-refractivity contribution in [3.63, 3.8) is 0 Å². The molecule has 0 spiro atoms. The highest BCUT2D eigenvalue weighted by atomic mass is 127. The van der Waals surface area contributed by atoms with Gasteiger partial charge in [0.2, 0.25) is 0 Å². The zero-order valence-corrected chi connectivity index (χ0v) is 18.2. The van der Waals surface area contributed by atoms with Gasteiger partial charge in [-0.2, -0.15) is 5.10 Å². The minimum atomic E-state index is -0.217. The summed E-state index contributed by atoms with van der Waals surface area (Å²) in [5.74, 6) is 1.06. The van der Waals surface area contributed by atoms with Crippen LogP contribution >= 0.6 is 24.0 Å². The normalized spacial score (nSPS) is 14.6. The van der Waals surface area contributed by atoms with Gasteiger partial charge in [-0.05, 0) is 35.9 Å². The van der Waals surface area contributed by atoms with Crippen LogP contribution in [-0.4, -0.2) is 52.2 Å². The summed E-state index contributed by atoms with van der Waals surface area (Å²) >= 11 is 0. The van der Waals surface area contributed by atoms with Crippen LogP contribution in [0.4, 0.5) is 10.1 Å². The molecule has 29 heavy (non-hydrogen) atoms. The number of hydrogen-bond donors (Lipinski definition) is 2. The van der Waals surface area contributed by atoms with Crippen LogP contribution in [0.25, 0.3) is 11.4 Å². The summed E-state index contributed by atoms with van der Waals surface area (Å²) in [4.78, 5) is 13.0.